The SMILES string of the molecule is Cc1cccc(-c2noc(-c3ccc(N4CCCCC4)nc3)n2)c1. The summed E-state index contributed by atoms with van der Waals surface area (Å²) < 4.78 is 5.42. The molecule has 1 fully saturated rings. The van der Waals surface area contributed by atoms with E-state index < -0.39 is 0 Å². The van der Waals surface area contributed by atoms with Crippen LogP contribution in [-0.2, 0) is 0 Å². The van der Waals surface area contributed by atoms with Gasteiger partial charge in [0, 0.05) is 24.8 Å². The Morgan fingerprint density at radius 1 is 1.00 bits per heavy atom. The quantitative estimate of drug-likeness (QED) is 0.727. The van der Waals surface area contributed by atoms with Crippen molar-refractivity contribution < 1.29 is 4.52 Å². The van der Waals surface area contributed by atoms with Gasteiger partial charge in [-0.1, -0.05) is 28.9 Å². The molecule has 1 aliphatic heterocycles. The van der Waals surface area contributed by atoms with Crippen molar-refractivity contribution in [3.63, 3.8) is 0 Å². The van der Waals surface area contributed by atoms with E-state index in [1.54, 1.807) is 0 Å². The van der Waals surface area contributed by atoms with Crippen LogP contribution in [-0.4, -0.2) is 28.2 Å². The van der Waals surface area contributed by atoms with E-state index in [1.807, 2.05) is 49.5 Å². The van der Waals surface area contributed by atoms with E-state index in [0.717, 1.165) is 30.0 Å². The smallest absolute Gasteiger partial charge is 0.259 e. The first kappa shape index (κ1) is 14.9. The first-order valence-corrected chi connectivity index (χ1v) is 8.42. The molecule has 3 heterocycles. The average Bonchev–Trinajstić information content (AvgIpc) is 3.13. The summed E-state index contributed by atoms with van der Waals surface area (Å²) in [6.07, 6.45) is 5.62. The van der Waals surface area contributed by atoms with Crippen LogP contribution in [0.5, 0.6) is 0 Å². The van der Waals surface area contributed by atoms with E-state index in [2.05, 4.69) is 20.0 Å². The molecule has 2 aromatic heterocycles. The molecular weight excluding hydrogens is 300 g/mol. The largest absolute Gasteiger partial charge is 0.357 e. The third-order valence-corrected chi connectivity index (χ3v) is 4.38. The Hall–Kier alpha value is -2.69. The van der Waals surface area contributed by atoms with E-state index in [-0.39, 0.29) is 0 Å². The van der Waals surface area contributed by atoms with Crippen molar-refractivity contribution in [1.29, 1.82) is 0 Å². The molecule has 0 radical (unpaired) electrons. The molecule has 1 aliphatic rings. The predicted octanol–water partition coefficient (Wildman–Crippen LogP) is 4.10. The van der Waals surface area contributed by atoms with Crippen LogP contribution >= 0.6 is 0 Å². The first-order valence-electron chi connectivity index (χ1n) is 8.42. The summed E-state index contributed by atoms with van der Waals surface area (Å²) >= 11 is 0. The van der Waals surface area contributed by atoms with Crippen molar-refractivity contribution in [2.75, 3.05) is 18.0 Å². The van der Waals surface area contributed by atoms with Gasteiger partial charge >= 0.3 is 0 Å². The summed E-state index contributed by atoms with van der Waals surface area (Å²) in [4.78, 5) is 11.4. The molecular formula is C19H20N4O. The van der Waals surface area contributed by atoms with Crippen molar-refractivity contribution in [3.05, 3.63) is 48.2 Å². The minimum absolute atomic E-state index is 0.504. The Morgan fingerprint density at radius 3 is 2.62 bits per heavy atom. The van der Waals surface area contributed by atoms with Crippen molar-refractivity contribution in [2.24, 2.45) is 0 Å². The molecule has 0 aliphatic carbocycles. The fourth-order valence-corrected chi connectivity index (χ4v) is 3.06. The van der Waals surface area contributed by atoms with E-state index >= 15 is 0 Å². The molecule has 0 saturated carbocycles. The maximum absolute atomic E-state index is 5.42. The maximum Gasteiger partial charge on any atom is 0.259 e. The Bertz CT molecular complexity index is 819. The van der Waals surface area contributed by atoms with Crippen LogP contribution in [0.1, 0.15) is 24.8 Å². The van der Waals surface area contributed by atoms with Crippen LogP contribution in [0.15, 0.2) is 47.1 Å². The van der Waals surface area contributed by atoms with Gasteiger partial charge in [0.1, 0.15) is 5.82 Å². The molecule has 0 amide bonds. The maximum atomic E-state index is 5.42. The molecule has 0 unspecified atom stereocenters. The fraction of sp³-hybridized carbons (Fsp3) is 0.316. The Morgan fingerprint density at radius 2 is 1.88 bits per heavy atom. The molecule has 4 rings (SSSR count). The van der Waals surface area contributed by atoms with E-state index in [4.69, 9.17) is 4.52 Å². The number of pyridine rings is 1. The lowest BCUT2D eigenvalue weighted by Crippen LogP contribution is -2.29. The van der Waals surface area contributed by atoms with E-state index in [1.165, 1.54) is 24.8 Å². The Labute approximate surface area is 141 Å². The summed E-state index contributed by atoms with van der Waals surface area (Å²) in [6.45, 7) is 4.22. The third kappa shape index (κ3) is 3.02. The average molecular weight is 320 g/mol. The van der Waals surface area contributed by atoms with Crippen LogP contribution in [0.3, 0.4) is 0 Å². The number of hydrogen-bond donors (Lipinski definition) is 0. The predicted molar refractivity (Wildman–Crippen MR) is 93.8 cm³/mol. The lowest BCUT2D eigenvalue weighted by atomic mass is 10.1. The van der Waals surface area contributed by atoms with E-state index in [9.17, 15) is 0 Å². The molecule has 122 valence electrons. The number of piperidine rings is 1. The molecule has 1 aromatic carbocycles. The van der Waals surface area contributed by atoms with Gasteiger partial charge in [0.05, 0.1) is 5.56 Å². The second-order valence-electron chi connectivity index (χ2n) is 6.25. The number of aryl methyl sites for hydroxylation is 1. The van der Waals surface area contributed by atoms with Gasteiger partial charge in [-0.05, 0) is 44.4 Å². The highest BCUT2D eigenvalue weighted by atomic mass is 16.5. The molecule has 0 spiro atoms. The lowest BCUT2D eigenvalue weighted by Gasteiger charge is -2.27. The highest BCUT2D eigenvalue weighted by Crippen LogP contribution is 2.24. The second kappa shape index (κ2) is 6.43. The van der Waals surface area contributed by atoms with Crippen LogP contribution in [0, 0.1) is 6.92 Å². The zero-order valence-corrected chi connectivity index (χ0v) is 13.8. The molecule has 0 N–H and O–H groups in total. The standard InChI is InChI=1S/C19H20N4O/c1-14-6-5-7-15(12-14)18-21-19(24-22-18)16-8-9-17(20-13-16)23-10-3-2-4-11-23/h5-9,12-13H,2-4,10-11H2,1H3. The monoisotopic (exact) mass is 320 g/mol. The number of aromatic nitrogens is 3. The zero-order chi connectivity index (χ0) is 16.4. The molecule has 0 atom stereocenters. The Kier molecular flexibility index (Phi) is 3.99. The van der Waals surface area contributed by atoms with Gasteiger partial charge in [-0.2, -0.15) is 4.98 Å². The molecule has 5 heteroatoms. The van der Waals surface area contributed by atoms with Crippen LogP contribution in [0.25, 0.3) is 22.8 Å². The third-order valence-electron chi connectivity index (χ3n) is 4.38. The first-order chi connectivity index (χ1) is 11.8. The molecule has 5 nitrogen and oxygen atoms in total. The van der Waals surface area contributed by atoms with Crippen LogP contribution < -0.4 is 4.90 Å². The second-order valence-corrected chi connectivity index (χ2v) is 6.25. The number of benzene rings is 1. The van der Waals surface area contributed by atoms with Gasteiger partial charge in [0.2, 0.25) is 5.82 Å². The number of nitrogens with zero attached hydrogens (tertiary/aromatic N) is 4. The number of hydrogen-bond acceptors (Lipinski definition) is 5. The van der Waals surface area contributed by atoms with Gasteiger partial charge in [-0.3, -0.25) is 0 Å². The summed E-state index contributed by atoms with van der Waals surface area (Å²) in [7, 11) is 0. The van der Waals surface area contributed by atoms with Crippen molar-refractivity contribution >= 4 is 5.82 Å². The summed E-state index contributed by atoms with van der Waals surface area (Å²) in [5, 5.41) is 4.09. The highest BCUT2D eigenvalue weighted by molar-refractivity contribution is 5.60. The zero-order valence-electron chi connectivity index (χ0n) is 13.8. The molecule has 3 aromatic rings. The Balaban J connectivity index is 1.56. The number of rotatable bonds is 3. The normalized spacial score (nSPS) is 14.8. The van der Waals surface area contributed by atoms with E-state index in [0.29, 0.717) is 11.7 Å². The minimum Gasteiger partial charge on any atom is -0.357 e. The van der Waals surface area contributed by atoms with Gasteiger partial charge in [-0.15, -0.1) is 0 Å². The molecule has 0 bridgehead atoms. The van der Waals surface area contributed by atoms with Gasteiger partial charge < -0.3 is 9.42 Å². The van der Waals surface area contributed by atoms with Crippen LogP contribution in [0.4, 0.5) is 5.82 Å². The summed E-state index contributed by atoms with van der Waals surface area (Å²) in [6, 6.07) is 12.1. The fourth-order valence-electron chi connectivity index (χ4n) is 3.06. The molecule has 1 saturated heterocycles. The van der Waals surface area contributed by atoms with Crippen molar-refractivity contribution in [2.45, 2.75) is 26.2 Å². The minimum atomic E-state index is 0.504. The van der Waals surface area contributed by atoms with Gasteiger partial charge in [0.15, 0.2) is 0 Å². The van der Waals surface area contributed by atoms with Gasteiger partial charge in [-0.25, -0.2) is 4.98 Å². The topological polar surface area (TPSA) is 55.1 Å². The molecule has 24 heavy (non-hydrogen) atoms. The number of anilines is 1. The van der Waals surface area contributed by atoms with Crippen molar-refractivity contribution in [3.8, 4) is 22.8 Å². The highest BCUT2D eigenvalue weighted by Gasteiger charge is 2.14. The lowest BCUT2D eigenvalue weighted by molar-refractivity contribution is 0.432. The summed E-state index contributed by atoms with van der Waals surface area (Å²) in [5.74, 6) is 2.13. The summed E-state index contributed by atoms with van der Waals surface area (Å²) in [5.41, 5.74) is 2.98. The van der Waals surface area contributed by atoms with Crippen molar-refractivity contribution in [1.82, 2.24) is 15.1 Å². The van der Waals surface area contributed by atoms with Gasteiger partial charge in [0.25, 0.3) is 5.89 Å². The van der Waals surface area contributed by atoms with Crippen LogP contribution in [0.2, 0.25) is 0 Å².